The monoisotopic (exact) mass is 439 g/mol. The number of ether oxygens (including phenoxy) is 2. The lowest BCUT2D eigenvalue weighted by Crippen LogP contribution is -2.44. The van der Waals surface area contributed by atoms with Gasteiger partial charge in [-0.2, -0.15) is 0 Å². The largest absolute Gasteiger partial charge is 0.383 e. The van der Waals surface area contributed by atoms with Gasteiger partial charge in [0.2, 0.25) is 0 Å². The van der Waals surface area contributed by atoms with E-state index in [1.54, 1.807) is 26.4 Å². The number of guanidine groups is 1. The van der Waals surface area contributed by atoms with Crippen LogP contribution in [0.1, 0.15) is 25.5 Å². The molecular formula is C16H27FIN3O2. The van der Waals surface area contributed by atoms with Crippen molar-refractivity contribution in [3.63, 3.8) is 0 Å². The molecule has 0 spiro atoms. The van der Waals surface area contributed by atoms with Crippen molar-refractivity contribution in [2.24, 2.45) is 4.99 Å². The Morgan fingerprint density at radius 1 is 1.26 bits per heavy atom. The van der Waals surface area contributed by atoms with Crippen LogP contribution in [0.15, 0.2) is 29.3 Å². The number of nitrogens with one attached hydrogen (secondary N) is 2. The molecule has 0 aliphatic carbocycles. The second kappa shape index (κ2) is 12.5. The van der Waals surface area contributed by atoms with Gasteiger partial charge in [0.1, 0.15) is 11.9 Å². The Morgan fingerprint density at radius 2 is 1.91 bits per heavy atom. The van der Waals surface area contributed by atoms with Gasteiger partial charge in [0.05, 0.1) is 13.2 Å². The van der Waals surface area contributed by atoms with Crippen LogP contribution in [0.5, 0.6) is 0 Å². The van der Waals surface area contributed by atoms with Gasteiger partial charge in [0.15, 0.2) is 5.96 Å². The Labute approximate surface area is 155 Å². The predicted molar refractivity (Wildman–Crippen MR) is 102 cm³/mol. The first kappa shape index (κ1) is 22.1. The van der Waals surface area contributed by atoms with E-state index < -0.39 is 0 Å². The fraction of sp³-hybridized carbons (Fsp3) is 0.562. The maximum absolute atomic E-state index is 13.0. The van der Waals surface area contributed by atoms with Crippen LogP contribution < -0.4 is 10.6 Å². The molecule has 5 nitrogen and oxygen atoms in total. The zero-order chi connectivity index (χ0) is 16.4. The van der Waals surface area contributed by atoms with E-state index in [1.807, 2.05) is 13.8 Å². The van der Waals surface area contributed by atoms with Crippen LogP contribution in [0.4, 0.5) is 4.39 Å². The van der Waals surface area contributed by atoms with E-state index in [-0.39, 0.29) is 41.9 Å². The molecule has 2 unspecified atom stereocenters. The molecule has 1 aromatic carbocycles. The normalized spacial score (nSPS) is 13.9. The summed E-state index contributed by atoms with van der Waals surface area (Å²) in [5.41, 5.74) is 0.897. The highest BCUT2D eigenvalue weighted by Crippen LogP contribution is 2.17. The second-order valence-electron chi connectivity index (χ2n) is 5.00. The van der Waals surface area contributed by atoms with Crippen molar-refractivity contribution in [2.75, 3.05) is 33.9 Å². The first-order chi connectivity index (χ1) is 10.6. The molecule has 0 aliphatic heterocycles. The number of rotatable bonds is 8. The van der Waals surface area contributed by atoms with Crippen LogP contribution >= 0.6 is 24.0 Å². The molecule has 0 fully saturated rings. The Morgan fingerprint density at radius 3 is 2.43 bits per heavy atom. The first-order valence-electron chi connectivity index (χ1n) is 7.42. The number of benzene rings is 1. The Bertz CT molecular complexity index is 457. The molecule has 0 bridgehead atoms. The molecule has 1 rings (SSSR count). The third kappa shape index (κ3) is 8.47. The van der Waals surface area contributed by atoms with Crippen molar-refractivity contribution in [1.82, 2.24) is 10.6 Å². The maximum Gasteiger partial charge on any atom is 0.191 e. The number of methoxy groups -OCH3 is 2. The van der Waals surface area contributed by atoms with E-state index in [4.69, 9.17) is 9.47 Å². The van der Waals surface area contributed by atoms with Gasteiger partial charge in [-0.1, -0.05) is 12.1 Å². The fourth-order valence-corrected chi connectivity index (χ4v) is 2.01. The SMILES string of the molecule is CCNC(=NCC(OC)c1ccc(F)cc1)NC(C)COC.I. The van der Waals surface area contributed by atoms with Gasteiger partial charge in [-0.05, 0) is 31.5 Å². The van der Waals surface area contributed by atoms with Gasteiger partial charge >= 0.3 is 0 Å². The van der Waals surface area contributed by atoms with E-state index in [2.05, 4.69) is 15.6 Å². The Balaban J connectivity index is 0.00000484. The van der Waals surface area contributed by atoms with Crippen molar-refractivity contribution < 1.29 is 13.9 Å². The first-order valence-corrected chi connectivity index (χ1v) is 7.42. The topological polar surface area (TPSA) is 54.9 Å². The van der Waals surface area contributed by atoms with E-state index >= 15 is 0 Å². The van der Waals surface area contributed by atoms with Crippen LogP contribution in [0, 0.1) is 5.82 Å². The predicted octanol–water partition coefficient (Wildman–Crippen LogP) is 2.72. The molecule has 0 heterocycles. The summed E-state index contributed by atoms with van der Waals surface area (Å²) in [6.07, 6.45) is -0.214. The van der Waals surface area contributed by atoms with Gasteiger partial charge in [0.25, 0.3) is 0 Å². The van der Waals surface area contributed by atoms with Gasteiger partial charge in [-0.3, -0.25) is 4.99 Å². The zero-order valence-corrected chi connectivity index (χ0v) is 16.5. The molecule has 0 aliphatic rings. The number of hydrogen-bond donors (Lipinski definition) is 2. The summed E-state index contributed by atoms with van der Waals surface area (Å²) < 4.78 is 23.5. The third-order valence-corrected chi connectivity index (χ3v) is 3.09. The summed E-state index contributed by atoms with van der Waals surface area (Å²) >= 11 is 0. The molecule has 0 saturated carbocycles. The minimum absolute atomic E-state index is 0. The van der Waals surface area contributed by atoms with Crippen LogP contribution in [-0.2, 0) is 9.47 Å². The van der Waals surface area contributed by atoms with E-state index in [0.717, 1.165) is 12.1 Å². The molecule has 1 aromatic rings. The molecule has 23 heavy (non-hydrogen) atoms. The maximum atomic E-state index is 13.0. The molecule has 0 radical (unpaired) electrons. The lowest BCUT2D eigenvalue weighted by molar-refractivity contribution is 0.110. The number of aliphatic imine (C=N–C) groups is 1. The van der Waals surface area contributed by atoms with Gasteiger partial charge < -0.3 is 20.1 Å². The van der Waals surface area contributed by atoms with E-state index in [1.165, 1.54) is 12.1 Å². The molecule has 7 heteroatoms. The third-order valence-electron chi connectivity index (χ3n) is 3.09. The van der Waals surface area contributed by atoms with E-state index in [9.17, 15) is 4.39 Å². The Kier molecular flexibility index (Phi) is 12.0. The van der Waals surface area contributed by atoms with Gasteiger partial charge in [0, 0.05) is 26.8 Å². The van der Waals surface area contributed by atoms with Crippen LogP contribution in [0.3, 0.4) is 0 Å². The lowest BCUT2D eigenvalue weighted by Gasteiger charge is -2.19. The summed E-state index contributed by atoms with van der Waals surface area (Å²) in [7, 11) is 3.29. The highest BCUT2D eigenvalue weighted by Gasteiger charge is 2.11. The average Bonchev–Trinajstić information content (AvgIpc) is 2.50. The molecule has 132 valence electrons. The molecule has 0 amide bonds. The summed E-state index contributed by atoms with van der Waals surface area (Å²) in [4.78, 5) is 4.53. The van der Waals surface area contributed by atoms with Crippen molar-refractivity contribution >= 4 is 29.9 Å². The van der Waals surface area contributed by atoms with Crippen molar-refractivity contribution in [1.29, 1.82) is 0 Å². The van der Waals surface area contributed by atoms with Crippen LogP contribution in [0.2, 0.25) is 0 Å². The number of halogens is 2. The fourth-order valence-electron chi connectivity index (χ4n) is 2.01. The molecule has 2 atom stereocenters. The molecule has 2 N–H and O–H groups in total. The average molecular weight is 439 g/mol. The standard InChI is InChI=1S/C16H26FN3O2.HI/c1-5-18-16(20-12(2)11-21-3)19-10-15(22-4)13-6-8-14(17)9-7-13;/h6-9,12,15H,5,10-11H2,1-4H3,(H2,18,19,20);1H. The molecule has 0 saturated heterocycles. The molecular weight excluding hydrogens is 412 g/mol. The van der Waals surface area contributed by atoms with Crippen molar-refractivity contribution in [3.05, 3.63) is 35.6 Å². The minimum atomic E-state index is -0.259. The lowest BCUT2D eigenvalue weighted by atomic mass is 10.1. The summed E-state index contributed by atoms with van der Waals surface area (Å²) in [5, 5.41) is 6.44. The van der Waals surface area contributed by atoms with Crippen molar-refractivity contribution in [3.8, 4) is 0 Å². The minimum Gasteiger partial charge on any atom is -0.383 e. The van der Waals surface area contributed by atoms with Gasteiger partial charge in [-0.15, -0.1) is 24.0 Å². The van der Waals surface area contributed by atoms with E-state index in [0.29, 0.717) is 19.1 Å². The second-order valence-corrected chi connectivity index (χ2v) is 5.00. The Hall–Kier alpha value is -0.930. The zero-order valence-electron chi connectivity index (χ0n) is 14.1. The highest BCUT2D eigenvalue weighted by molar-refractivity contribution is 14.0. The van der Waals surface area contributed by atoms with Crippen LogP contribution in [-0.4, -0.2) is 45.9 Å². The quantitative estimate of drug-likeness (QED) is 0.372. The number of nitrogens with zero attached hydrogens (tertiary/aromatic N) is 1. The smallest absolute Gasteiger partial charge is 0.191 e. The highest BCUT2D eigenvalue weighted by atomic mass is 127. The van der Waals surface area contributed by atoms with Crippen LogP contribution in [0.25, 0.3) is 0 Å². The summed E-state index contributed by atoms with van der Waals surface area (Å²) in [6, 6.07) is 6.43. The number of hydrogen-bond acceptors (Lipinski definition) is 3. The van der Waals surface area contributed by atoms with Crippen molar-refractivity contribution in [2.45, 2.75) is 26.0 Å². The summed E-state index contributed by atoms with van der Waals surface area (Å²) in [6.45, 7) is 5.82. The molecule has 0 aromatic heterocycles. The summed E-state index contributed by atoms with van der Waals surface area (Å²) in [5.74, 6) is 0.446. The van der Waals surface area contributed by atoms with Gasteiger partial charge in [-0.25, -0.2) is 4.39 Å².